The van der Waals surface area contributed by atoms with Crippen molar-refractivity contribution in [1.82, 2.24) is 16.0 Å². The van der Waals surface area contributed by atoms with Crippen LogP contribution in [0.3, 0.4) is 0 Å². The first-order valence-electron chi connectivity index (χ1n) is 8.87. The Bertz CT molecular complexity index is 874. The normalized spacial score (nSPS) is 21.9. The molecular formula is C20H22F3N3OS. The second-order valence-electron chi connectivity index (χ2n) is 6.82. The molecule has 2 aliphatic heterocycles. The molecule has 2 heterocycles. The molecule has 4 nitrogen and oxygen atoms in total. The van der Waals surface area contributed by atoms with E-state index in [1.165, 1.54) is 7.05 Å². The summed E-state index contributed by atoms with van der Waals surface area (Å²) in [6.45, 7) is 3.65. The second-order valence-corrected chi connectivity index (χ2v) is 8.25. The van der Waals surface area contributed by atoms with E-state index in [1.54, 1.807) is 13.8 Å². The fraction of sp³-hybridized carbons (Fsp3) is 0.350. The summed E-state index contributed by atoms with van der Waals surface area (Å²) in [5, 5.41) is 8.73. The van der Waals surface area contributed by atoms with Gasteiger partial charge in [0.15, 0.2) is 0 Å². The monoisotopic (exact) mass is 409 g/mol. The summed E-state index contributed by atoms with van der Waals surface area (Å²) >= 11 is 1.10. The average Bonchev–Trinajstić information content (AvgIpc) is 2.93. The quantitative estimate of drug-likeness (QED) is 0.696. The third-order valence-electron chi connectivity index (χ3n) is 4.63. The first-order valence-corrected chi connectivity index (χ1v) is 9.69. The summed E-state index contributed by atoms with van der Waals surface area (Å²) in [5.74, 6) is -0.380. The van der Waals surface area contributed by atoms with Crippen molar-refractivity contribution in [3.63, 3.8) is 0 Å². The van der Waals surface area contributed by atoms with Crippen LogP contribution in [0.2, 0.25) is 0 Å². The van der Waals surface area contributed by atoms with Crippen LogP contribution in [0, 0.1) is 0 Å². The van der Waals surface area contributed by atoms with Crippen LogP contribution in [0.15, 0.2) is 63.9 Å². The molecule has 1 aromatic carbocycles. The van der Waals surface area contributed by atoms with Gasteiger partial charge in [-0.25, -0.2) is 0 Å². The van der Waals surface area contributed by atoms with Crippen LogP contribution in [-0.2, 0) is 11.2 Å². The Morgan fingerprint density at radius 2 is 1.93 bits per heavy atom. The lowest BCUT2D eigenvalue weighted by molar-refractivity contribution is -0.116. The maximum atomic E-state index is 13.7. The third kappa shape index (κ3) is 3.92. The van der Waals surface area contributed by atoms with E-state index in [4.69, 9.17) is 0 Å². The fourth-order valence-corrected chi connectivity index (χ4v) is 4.91. The van der Waals surface area contributed by atoms with Gasteiger partial charge in [-0.15, -0.1) is 0 Å². The number of hydrogen-bond acceptors (Lipinski definition) is 4. The number of allylic oxidation sites excluding steroid dienone is 3. The SMILES string of the molecule is CNC1=C(C(=O)NCCc2ccccc2)SC2(C)NC(C)=CC(C(F)(F)F)=C12. The third-order valence-corrected chi connectivity index (χ3v) is 5.94. The lowest BCUT2D eigenvalue weighted by atomic mass is 9.93. The Morgan fingerprint density at radius 3 is 2.54 bits per heavy atom. The highest BCUT2D eigenvalue weighted by atomic mass is 32.2. The molecule has 0 saturated heterocycles. The molecule has 0 bridgehead atoms. The van der Waals surface area contributed by atoms with Gasteiger partial charge in [-0.1, -0.05) is 42.1 Å². The van der Waals surface area contributed by atoms with Crippen LogP contribution >= 0.6 is 11.8 Å². The highest BCUT2D eigenvalue weighted by Crippen LogP contribution is 2.53. The van der Waals surface area contributed by atoms with Gasteiger partial charge in [0.2, 0.25) is 0 Å². The number of dihydropyridines is 1. The lowest BCUT2D eigenvalue weighted by Crippen LogP contribution is -2.43. The van der Waals surface area contributed by atoms with Gasteiger partial charge in [0.25, 0.3) is 5.91 Å². The average molecular weight is 409 g/mol. The molecule has 3 N–H and O–H groups in total. The number of alkyl halides is 3. The predicted octanol–water partition coefficient (Wildman–Crippen LogP) is 3.61. The van der Waals surface area contributed by atoms with Crippen LogP contribution in [0.25, 0.3) is 0 Å². The number of carbonyl (C=O) groups excluding carboxylic acids is 1. The number of thioether (sulfide) groups is 1. The number of rotatable bonds is 5. The van der Waals surface area contributed by atoms with Crippen molar-refractivity contribution >= 4 is 17.7 Å². The Labute approximate surface area is 166 Å². The maximum absolute atomic E-state index is 13.7. The summed E-state index contributed by atoms with van der Waals surface area (Å²) in [5.41, 5.74) is 1.04. The minimum atomic E-state index is -4.51. The van der Waals surface area contributed by atoms with Gasteiger partial charge >= 0.3 is 6.18 Å². The Kier molecular flexibility index (Phi) is 5.52. The molecule has 1 unspecified atom stereocenters. The van der Waals surface area contributed by atoms with Crippen molar-refractivity contribution in [3.8, 4) is 0 Å². The summed E-state index contributed by atoms with van der Waals surface area (Å²) < 4.78 is 41.0. The van der Waals surface area contributed by atoms with Crippen molar-refractivity contribution < 1.29 is 18.0 Å². The van der Waals surface area contributed by atoms with E-state index in [0.29, 0.717) is 18.7 Å². The molecule has 3 rings (SSSR count). The van der Waals surface area contributed by atoms with Crippen LogP contribution in [0.1, 0.15) is 19.4 Å². The van der Waals surface area contributed by atoms with Gasteiger partial charge in [0, 0.05) is 24.9 Å². The number of likely N-dealkylation sites (N-methyl/N-ethyl adjacent to an activating group) is 1. The van der Waals surface area contributed by atoms with Gasteiger partial charge < -0.3 is 16.0 Å². The molecule has 0 spiro atoms. The summed E-state index contributed by atoms with van der Waals surface area (Å²) in [4.78, 5) is 11.9. The van der Waals surface area contributed by atoms with Crippen molar-refractivity contribution in [2.24, 2.45) is 0 Å². The highest BCUT2D eigenvalue weighted by molar-refractivity contribution is 8.05. The standard InChI is InChI=1S/C20H22F3N3OS/c1-12-11-14(20(21,22)23)15-16(24-3)17(28-19(15,2)26-12)18(27)25-10-9-13-7-5-4-6-8-13/h4-8,11,24,26H,9-10H2,1-3H3,(H,25,27). The number of hydrogen-bond donors (Lipinski definition) is 3. The molecule has 1 atom stereocenters. The van der Waals surface area contributed by atoms with E-state index in [-0.39, 0.29) is 22.1 Å². The van der Waals surface area contributed by atoms with Crippen molar-refractivity contribution in [3.05, 3.63) is 69.4 Å². The number of halogens is 3. The Morgan fingerprint density at radius 1 is 1.25 bits per heavy atom. The van der Waals surface area contributed by atoms with Crippen LogP contribution in [-0.4, -0.2) is 30.5 Å². The maximum Gasteiger partial charge on any atom is 0.416 e. The van der Waals surface area contributed by atoms with Crippen molar-refractivity contribution in [1.29, 1.82) is 0 Å². The molecule has 0 fully saturated rings. The van der Waals surface area contributed by atoms with Crippen LogP contribution in [0.4, 0.5) is 13.2 Å². The Hall–Kier alpha value is -2.35. The van der Waals surface area contributed by atoms with Crippen LogP contribution in [0.5, 0.6) is 0 Å². The van der Waals surface area contributed by atoms with Gasteiger partial charge in [-0.2, -0.15) is 13.2 Å². The summed E-state index contributed by atoms with van der Waals surface area (Å²) in [7, 11) is 1.53. The van der Waals surface area contributed by atoms with Crippen LogP contribution < -0.4 is 16.0 Å². The molecule has 0 aromatic heterocycles. The number of amides is 1. The Balaban J connectivity index is 1.87. The summed E-state index contributed by atoms with van der Waals surface area (Å²) in [6.07, 6.45) is -2.78. The van der Waals surface area contributed by atoms with Gasteiger partial charge in [0.05, 0.1) is 16.2 Å². The smallest absolute Gasteiger partial charge is 0.387 e. The predicted molar refractivity (Wildman–Crippen MR) is 105 cm³/mol. The molecular weight excluding hydrogens is 387 g/mol. The number of nitrogens with one attached hydrogen (secondary N) is 3. The fourth-order valence-electron chi connectivity index (χ4n) is 3.51. The van der Waals surface area contributed by atoms with E-state index < -0.39 is 16.6 Å². The first kappa shape index (κ1) is 20.4. The molecule has 1 amide bonds. The largest absolute Gasteiger partial charge is 0.416 e. The molecule has 0 radical (unpaired) electrons. The van der Waals surface area contributed by atoms with Gasteiger partial charge in [0.1, 0.15) is 4.87 Å². The molecule has 0 saturated carbocycles. The second kappa shape index (κ2) is 7.58. The van der Waals surface area contributed by atoms with Crippen molar-refractivity contribution in [2.75, 3.05) is 13.6 Å². The van der Waals surface area contributed by atoms with E-state index in [1.807, 2.05) is 30.3 Å². The topological polar surface area (TPSA) is 53.2 Å². The van der Waals surface area contributed by atoms with E-state index in [9.17, 15) is 18.0 Å². The lowest BCUT2D eigenvalue weighted by Gasteiger charge is -2.35. The number of benzene rings is 1. The minimum Gasteiger partial charge on any atom is -0.387 e. The minimum absolute atomic E-state index is 0.0614. The first-order chi connectivity index (χ1) is 13.2. The molecule has 1 aromatic rings. The van der Waals surface area contributed by atoms with E-state index in [2.05, 4.69) is 16.0 Å². The number of fused-ring (bicyclic) bond motifs is 1. The van der Waals surface area contributed by atoms with E-state index >= 15 is 0 Å². The molecule has 2 aliphatic rings. The van der Waals surface area contributed by atoms with Crippen molar-refractivity contribution in [2.45, 2.75) is 31.3 Å². The summed E-state index contributed by atoms with van der Waals surface area (Å²) in [6, 6.07) is 9.68. The van der Waals surface area contributed by atoms with Gasteiger partial charge in [-0.05, 0) is 31.9 Å². The van der Waals surface area contributed by atoms with Gasteiger partial charge in [-0.3, -0.25) is 4.79 Å². The molecule has 0 aliphatic carbocycles. The van der Waals surface area contributed by atoms with E-state index in [0.717, 1.165) is 23.4 Å². The molecule has 28 heavy (non-hydrogen) atoms. The zero-order valence-electron chi connectivity index (χ0n) is 15.8. The zero-order valence-corrected chi connectivity index (χ0v) is 16.6. The zero-order chi connectivity index (χ0) is 20.5. The highest BCUT2D eigenvalue weighted by Gasteiger charge is 2.50. The molecule has 150 valence electrons. The number of carbonyl (C=O) groups is 1. The molecule has 8 heteroatoms.